The van der Waals surface area contributed by atoms with Crippen LogP contribution in [0.5, 0.6) is 11.5 Å². The van der Waals surface area contributed by atoms with Crippen LogP contribution in [0, 0.1) is 19.8 Å². The fraction of sp³-hybridized carbons (Fsp3) is 0.375. The quantitative estimate of drug-likeness (QED) is 0.273. The van der Waals surface area contributed by atoms with Gasteiger partial charge in [0.05, 0.1) is 24.8 Å². The number of nitrogens with one attached hydrogen (secondary N) is 1. The Morgan fingerprint density at radius 1 is 0.884 bits per heavy atom. The zero-order valence-corrected chi connectivity index (χ0v) is 27.3. The van der Waals surface area contributed by atoms with E-state index in [9.17, 15) is 18.0 Å². The minimum atomic E-state index is -4.29. The molecule has 3 aromatic carbocycles. The van der Waals surface area contributed by atoms with Gasteiger partial charge < -0.3 is 19.7 Å². The van der Waals surface area contributed by atoms with Gasteiger partial charge in [0.25, 0.3) is 10.0 Å². The van der Waals surface area contributed by atoms with Crippen LogP contribution >= 0.6 is 11.6 Å². The SMILES string of the molecule is COc1ccc(S(=O)(=O)N(CC(=O)N(Cc2ccc(Cl)cc2)[C@H](C)C(=O)NCC(C)C)c2cc(C)cc(C)c2)cc1OC. The number of amides is 2. The number of hydrogen-bond donors (Lipinski definition) is 1. The van der Waals surface area contributed by atoms with E-state index in [1.807, 2.05) is 33.8 Å². The fourth-order valence-electron chi connectivity index (χ4n) is 4.55. The third-order valence-electron chi connectivity index (χ3n) is 6.83. The molecule has 3 aromatic rings. The normalized spacial score (nSPS) is 12.0. The molecule has 43 heavy (non-hydrogen) atoms. The van der Waals surface area contributed by atoms with Crippen LogP contribution < -0.4 is 19.1 Å². The molecule has 0 aliphatic heterocycles. The summed E-state index contributed by atoms with van der Waals surface area (Å²) >= 11 is 6.07. The Bertz CT molecular complexity index is 1520. The lowest BCUT2D eigenvalue weighted by Crippen LogP contribution is -2.51. The van der Waals surface area contributed by atoms with Crippen LogP contribution in [0.4, 0.5) is 5.69 Å². The Morgan fingerprint density at radius 3 is 2.05 bits per heavy atom. The van der Waals surface area contributed by atoms with Gasteiger partial charge in [0.15, 0.2) is 11.5 Å². The molecule has 0 aromatic heterocycles. The van der Waals surface area contributed by atoms with Gasteiger partial charge in [-0.05, 0) is 79.8 Å². The lowest BCUT2D eigenvalue weighted by molar-refractivity contribution is -0.139. The van der Waals surface area contributed by atoms with E-state index in [0.29, 0.717) is 23.0 Å². The number of nitrogens with zero attached hydrogens (tertiary/aromatic N) is 2. The predicted octanol–water partition coefficient (Wildman–Crippen LogP) is 5.36. The van der Waals surface area contributed by atoms with E-state index < -0.39 is 28.5 Å². The van der Waals surface area contributed by atoms with Gasteiger partial charge in [-0.15, -0.1) is 0 Å². The number of rotatable bonds is 13. The van der Waals surface area contributed by atoms with Crippen molar-refractivity contribution in [3.05, 3.63) is 82.4 Å². The highest BCUT2D eigenvalue weighted by Gasteiger charge is 2.33. The second-order valence-electron chi connectivity index (χ2n) is 10.8. The number of carbonyl (C=O) groups is 2. The van der Waals surface area contributed by atoms with Gasteiger partial charge in [0, 0.05) is 24.2 Å². The maximum atomic E-state index is 14.2. The third kappa shape index (κ3) is 8.64. The van der Waals surface area contributed by atoms with Crippen LogP contribution in [0.2, 0.25) is 5.02 Å². The van der Waals surface area contributed by atoms with Crippen molar-refractivity contribution in [3.63, 3.8) is 0 Å². The second kappa shape index (κ2) is 14.6. The minimum Gasteiger partial charge on any atom is -0.493 e. The summed E-state index contributed by atoms with van der Waals surface area (Å²) in [4.78, 5) is 28.6. The van der Waals surface area contributed by atoms with Crippen molar-refractivity contribution < 1.29 is 27.5 Å². The van der Waals surface area contributed by atoms with Crippen molar-refractivity contribution in [2.24, 2.45) is 5.92 Å². The molecule has 0 aliphatic rings. The minimum absolute atomic E-state index is 0.0728. The van der Waals surface area contributed by atoms with Crippen molar-refractivity contribution >= 4 is 39.1 Å². The summed E-state index contributed by atoms with van der Waals surface area (Å²) < 4.78 is 40.2. The maximum absolute atomic E-state index is 14.2. The molecule has 232 valence electrons. The summed E-state index contributed by atoms with van der Waals surface area (Å²) in [5.74, 6) is -0.0775. The standard InChI is InChI=1S/C32H40ClN3O6S/c1-21(2)18-34-32(38)24(5)35(19-25-8-10-26(33)11-9-25)31(37)20-36(27-15-22(3)14-23(4)16-27)43(39,40)28-12-13-29(41-6)30(17-28)42-7/h8-17,21,24H,18-20H2,1-7H3,(H,34,38)/t24-/m1/s1. The van der Waals surface area contributed by atoms with Gasteiger partial charge >= 0.3 is 0 Å². The average molecular weight is 630 g/mol. The average Bonchev–Trinajstić information content (AvgIpc) is 2.96. The van der Waals surface area contributed by atoms with Crippen LogP contribution in [0.25, 0.3) is 0 Å². The molecule has 0 bridgehead atoms. The monoisotopic (exact) mass is 629 g/mol. The number of ether oxygens (including phenoxy) is 2. The van der Waals surface area contributed by atoms with Crippen LogP contribution in [0.15, 0.2) is 65.6 Å². The van der Waals surface area contributed by atoms with E-state index in [0.717, 1.165) is 21.0 Å². The molecule has 1 atom stereocenters. The number of benzene rings is 3. The van der Waals surface area contributed by atoms with Crippen molar-refractivity contribution in [1.29, 1.82) is 0 Å². The topological polar surface area (TPSA) is 105 Å². The Kier molecular flexibility index (Phi) is 11.5. The molecule has 11 heteroatoms. The predicted molar refractivity (Wildman–Crippen MR) is 169 cm³/mol. The zero-order valence-electron chi connectivity index (χ0n) is 25.7. The number of sulfonamides is 1. The highest BCUT2D eigenvalue weighted by molar-refractivity contribution is 7.92. The van der Waals surface area contributed by atoms with Gasteiger partial charge in [-0.1, -0.05) is 43.6 Å². The van der Waals surface area contributed by atoms with Crippen molar-refractivity contribution in [3.8, 4) is 11.5 Å². The molecular formula is C32H40ClN3O6S. The number of hydrogen-bond acceptors (Lipinski definition) is 6. The molecular weight excluding hydrogens is 590 g/mol. The van der Waals surface area contributed by atoms with E-state index in [4.69, 9.17) is 21.1 Å². The number of anilines is 1. The fourth-order valence-corrected chi connectivity index (χ4v) is 6.09. The summed E-state index contributed by atoms with van der Waals surface area (Å²) in [7, 11) is -1.41. The number of carbonyl (C=O) groups excluding carboxylic acids is 2. The number of halogens is 1. The molecule has 0 heterocycles. The smallest absolute Gasteiger partial charge is 0.264 e. The van der Waals surface area contributed by atoms with Crippen LogP contribution in [0.3, 0.4) is 0 Å². The van der Waals surface area contributed by atoms with Crippen molar-refractivity contribution in [1.82, 2.24) is 10.2 Å². The van der Waals surface area contributed by atoms with Gasteiger partial charge in [-0.2, -0.15) is 0 Å². The molecule has 0 saturated heterocycles. The van der Waals surface area contributed by atoms with E-state index >= 15 is 0 Å². The van der Waals surface area contributed by atoms with Crippen molar-refractivity contribution in [2.45, 2.75) is 52.1 Å². The van der Waals surface area contributed by atoms with E-state index in [2.05, 4.69) is 5.32 Å². The summed E-state index contributed by atoms with van der Waals surface area (Å²) in [6, 6.07) is 15.7. The summed E-state index contributed by atoms with van der Waals surface area (Å²) in [5, 5.41) is 3.41. The lowest BCUT2D eigenvalue weighted by atomic mass is 10.1. The molecule has 0 fully saturated rings. The molecule has 2 amide bonds. The van der Waals surface area contributed by atoms with E-state index in [1.54, 1.807) is 43.3 Å². The molecule has 1 N–H and O–H groups in total. The van der Waals surface area contributed by atoms with E-state index in [-0.39, 0.29) is 29.0 Å². The Morgan fingerprint density at radius 2 is 1.49 bits per heavy atom. The first-order valence-corrected chi connectivity index (χ1v) is 15.7. The molecule has 3 rings (SSSR count). The van der Waals surface area contributed by atoms with Crippen LogP contribution in [-0.4, -0.2) is 58.5 Å². The van der Waals surface area contributed by atoms with Crippen molar-refractivity contribution in [2.75, 3.05) is 31.6 Å². The molecule has 0 radical (unpaired) electrons. The third-order valence-corrected chi connectivity index (χ3v) is 8.86. The van der Waals surface area contributed by atoms with Crippen LogP contribution in [0.1, 0.15) is 37.5 Å². The first kappa shape index (κ1) is 33.7. The lowest BCUT2D eigenvalue weighted by Gasteiger charge is -2.32. The maximum Gasteiger partial charge on any atom is 0.264 e. The Balaban J connectivity index is 2.09. The molecule has 0 spiro atoms. The van der Waals surface area contributed by atoms with Gasteiger partial charge in [-0.3, -0.25) is 13.9 Å². The summed E-state index contributed by atoms with van der Waals surface area (Å²) in [6.07, 6.45) is 0. The second-order valence-corrected chi connectivity index (χ2v) is 13.1. The largest absolute Gasteiger partial charge is 0.493 e. The number of methoxy groups -OCH3 is 2. The summed E-state index contributed by atoms with van der Waals surface area (Å²) in [6.45, 7) is 9.26. The Labute approximate surface area is 259 Å². The summed E-state index contributed by atoms with van der Waals surface area (Å²) in [5.41, 5.74) is 2.72. The Hall–Kier alpha value is -3.76. The molecule has 0 unspecified atom stereocenters. The first-order chi connectivity index (χ1) is 20.3. The van der Waals surface area contributed by atoms with Gasteiger partial charge in [0.2, 0.25) is 11.8 Å². The van der Waals surface area contributed by atoms with Crippen LogP contribution in [-0.2, 0) is 26.2 Å². The highest BCUT2D eigenvalue weighted by Crippen LogP contribution is 2.33. The zero-order chi connectivity index (χ0) is 31.9. The van der Waals surface area contributed by atoms with Gasteiger partial charge in [0.1, 0.15) is 12.6 Å². The van der Waals surface area contributed by atoms with Gasteiger partial charge in [-0.25, -0.2) is 8.42 Å². The van der Waals surface area contributed by atoms with E-state index in [1.165, 1.54) is 37.3 Å². The molecule has 0 saturated carbocycles. The first-order valence-electron chi connectivity index (χ1n) is 13.9. The molecule has 9 nitrogen and oxygen atoms in total. The highest BCUT2D eigenvalue weighted by atomic mass is 35.5. The molecule has 0 aliphatic carbocycles. The number of aryl methyl sites for hydroxylation is 2.